The molecule has 0 bridgehead atoms. The molecule has 0 saturated carbocycles. The van der Waals surface area contributed by atoms with Gasteiger partial charge in [-0.1, -0.05) is 41.3 Å². The number of allylic oxidation sites excluding steroid dienone is 1. The fraction of sp³-hybridized carbons (Fsp3) is 0.474. The van der Waals surface area contributed by atoms with E-state index in [1.165, 1.54) is 18.2 Å². The highest BCUT2D eigenvalue weighted by Crippen LogP contribution is 2.34. The van der Waals surface area contributed by atoms with Crippen LogP contribution in [-0.2, 0) is 29.0 Å². The second-order valence-corrected chi connectivity index (χ2v) is 9.26. The summed E-state index contributed by atoms with van der Waals surface area (Å²) < 4.78 is 40.6. The highest BCUT2D eigenvalue weighted by atomic mass is 35.5. The van der Waals surface area contributed by atoms with Gasteiger partial charge in [-0.15, -0.1) is 5.01 Å². The number of carbonyl (C=O) groups is 4. The normalized spacial score (nSPS) is 20.5. The molecule has 0 aromatic heterocycles. The molecule has 0 aromatic carbocycles. The molecule has 1 aliphatic heterocycles. The van der Waals surface area contributed by atoms with E-state index in [-0.39, 0.29) is 49.2 Å². The van der Waals surface area contributed by atoms with E-state index in [0.29, 0.717) is 4.41 Å². The molecule has 1 heterocycles. The third-order valence-corrected chi connectivity index (χ3v) is 5.99. The van der Waals surface area contributed by atoms with Crippen LogP contribution < -0.4 is 0 Å². The first-order valence-corrected chi connectivity index (χ1v) is 11.9. The number of amides is 4. The maximum absolute atomic E-state index is 13.1. The number of hydrazine groups is 1. The lowest BCUT2D eigenvalue weighted by Gasteiger charge is -2.39. The second-order valence-electron chi connectivity index (χ2n) is 6.93. The number of imide groups is 2. The second kappa shape index (κ2) is 11.3. The van der Waals surface area contributed by atoms with Gasteiger partial charge in [0.25, 0.3) is 0 Å². The maximum atomic E-state index is 13.1. The van der Waals surface area contributed by atoms with Gasteiger partial charge in [0.2, 0.25) is 15.9 Å². The Labute approximate surface area is 196 Å². The topological polar surface area (TPSA) is 140 Å². The molecule has 4 amide bonds. The van der Waals surface area contributed by atoms with E-state index < -0.39 is 46.2 Å². The predicted molar refractivity (Wildman–Crippen MR) is 115 cm³/mol. The van der Waals surface area contributed by atoms with E-state index in [9.17, 15) is 27.6 Å². The Balaban J connectivity index is 2.56. The van der Waals surface area contributed by atoms with Crippen molar-refractivity contribution in [3.8, 4) is 0 Å². The lowest BCUT2D eigenvalue weighted by Crippen LogP contribution is -2.60. The largest absolute Gasteiger partial charge is 0.447 e. The van der Waals surface area contributed by atoms with Crippen molar-refractivity contribution in [2.24, 2.45) is 5.92 Å². The van der Waals surface area contributed by atoms with E-state index >= 15 is 0 Å². The predicted octanol–water partition coefficient (Wildman–Crippen LogP) is 1.99. The molecule has 1 saturated heterocycles. The number of rotatable bonds is 8. The van der Waals surface area contributed by atoms with Crippen LogP contribution in [0.4, 0.5) is 14.4 Å². The van der Waals surface area contributed by atoms with Gasteiger partial charge in [-0.25, -0.2) is 27.7 Å². The van der Waals surface area contributed by atoms with Crippen molar-refractivity contribution in [2.45, 2.75) is 18.9 Å². The number of sulfonamides is 1. The van der Waals surface area contributed by atoms with Gasteiger partial charge in [-0.3, -0.25) is 4.79 Å². The van der Waals surface area contributed by atoms with Crippen molar-refractivity contribution in [2.75, 3.05) is 32.6 Å². The Kier molecular flexibility index (Phi) is 9.02. The number of ether oxygens (including phenoxy) is 3. The third kappa shape index (κ3) is 6.33. The minimum atomic E-state index is -4.41. The van der Waals surface area contributed by atoms with Crippen molar-refractivity contribution < 1.29 is 41.8 Å². The van der Waals surface area contributed by atoms with Crippen molar-refractivity contribution >= 4 is 45.8 Å². The number of cyclic esters (lactones) is 1. The van der Waals surface area contributed by atoms with Crippen LogP contribution in [0.3, 0.4) is 0 Å². The molecule has 12 nitrogen and oxygen atoms in total. The van der Waals surface area contributed by atoms with E-state index in [2.05, 4.69) is 13.2 Å². The highest BCUT2D eigenvalue weighted by Gasteiger charge is 2.48. The Hall–Kier alpha value is -2.90. The zero-order valence-electron chi connectivity index (χ0n) is 17.8. The Morgan fingerprint density at radius 3 is 2.27 bits per heavy atom. The van der Waals surface area contributed by atoms with Gasteiger partial charge in [0.15, 0.2) is 0 Å². The first-order valence-electron chi connectivity index (χ1n) is 9.72. The van der Waals surface area contributed by atoms with Crippen LogP contribution in [0.1, 0.15) is 12.8 Å². The van der Waals surface area contributed by atoms with Gasteiger partial charge >= 0.3 is 18.3 Å². The number of carbonyl (C=O) groups excluding carboxylic acids is 4. The molecule has 1 aliphatic carbocycles. The zero-order chi connectivity index (χ0) is 24.8. The smallest absolute Gasteiger partial charge is 0.435 e. The minimum Gasteiger partial charge on any atom is -0.447 e. The van der Waals surface area contributed by atoms with E-state index in [1.807, 2.05) is 0 Å². The van der Waals surface area contributed by atoms with Crippen LogP contribution in [-0.4, -0.2) is 85.6 Å². The summed E-state index contributed by atoms with van der Waals surface area (Å²) in [6, 6.07) is -1.45. The van der Waals surface area contributed by atoms with Crippen LogP contribution in [0.15, 0.2) is 36.4 Å². The molecular weight excluding hydrogens is 482 g/mol. The fourth-order valence-electron chi connectivity index (χ4n) is 3.25. The number of hydrogen-bond donors (Lipinski definition) is 0. The van der Waals surface area contributed by atoms with Crippen molar-refractivity contribution in [1.29, 1.82) is 0 Å². The lowest BCUT2D eigenvalue weighted by atomic mass is 9.88. The summed E-state index contributed by atoms with van der Waals surface area (Å²) in [5.41, 5.74) is 0. The molecule has 33 heavy (non-hydrogen) atoms. The summed E-state index contributed by atoms with van der Waals surface area (Å²) in [4.78, 5) is 51.3. The van der Waals surface area contributed by atoms with Gasteiger partial charge in [0.05, 0.1) is 24.8 Å². The van der Waals surface area contributed by atoms with Crippen LogP contribution in [0.2, 0.25) is 0 Å². The first kappa shape index (κ1) is 26.4. The Morgan fingerprint density at radius 2 is 1.82 bits per heavy atom. The molecule has 0 N–H and O–H groups in total. The van der Waals surface area contributed by atoms with Gasteiger partial charge in [0, 0.05) is 5.03 Å². The Bertz CT molecular complexity index is 942. The van der Waals surface area contributed by atoms with Gasteiger partial charge in [0.1, 0.15) is 19.8 Å². The lowest BCUT2D eigenvalue weighted by molar-refractivity contribution is -0.134. The average molecular weight is 506 g/mol. The van der Waals surface area contributed by atoms with Crippen molar-refractivity contribution in [1.82, 2.24) is 14.3 Å². The van der Waals surface area contributed by atoms with Crippen LogP contribution >= 0.6 is 11.6 Å². The van der Waals surface area contributed by atoms with Gasteiger partial charge in [-0.2, -0.15) is 0 Å². The molecule has 182 valence electrons. The van der Waals surface area contributed by atoms with E-state index in [4.69, 9.17) is 25.8 Å². The standard InChI is InChI=1S/C19H24ClN3O9S/c1-4-9-30-18(26)22(19(27)31-10-5-2)23(33(3,28)29)15-12-13(20)6-7-14(15)16(24)21-8-11-32-17(21)25/h4-5,12,14-15H,1-2,6-11H2,3H3/t14-,15-/m0/s1. The summed E-state index contributed by atoms with van der Waals surface area (Å²) >= 11 is 6.14. The summed E-state index contributed by atoms with van der Waals surface area (Å²) in [6.45, 7) is 6.06. The molecule has 2 atom stereocenters. The number of nitrogens with zero attached hydrogens (tertiary/aromatic N) is 3. The molecule has 0 radical (unpaired) electrons. The van der Waals surface area contributed by atoms with E-state index in [1.54, 1.807) is 0 Å². The third-order valence-electron chi connectivity index (χ3n) is 4.59. The Morgan fingerprint density at radius 1 is 1.24 bits per heavy atom. The van der Waals surface area contributed by atoms with Crippen molar-refractivity contribution in [3.05, 3.63) is 36.4 Å². The van der Waals surface area contributed by atoms with E-state index in [0.717, 1.165) is 11.2 Å². The minimum absolute atomic E-state index is 0.0117. The summed E-state index contributed by atoms with van der Waals surface area (Å²) in [5.74, 6) is -1.91. The maximum Gasteiger partial charge on any atom is 0.435 e. The van der Waals surface area contributed by atoms with Crippen LogP contribution in [0, 0.1) is 5.92 Å². The van der Waals surface area contributed by atoms with Crippen LogP contribution in [0.5, 0.6) is 0 Å². The van der Waals surface area contributed by atoms with Gasteiger partial charge < -0.3 is 14.2 Å². The first-order chi connectivity index (χ1) is 15.5. The molecule has 14 heteroatoms. The molecule has 1 fully saturated rings. The zero-order valence-corrected chi connectivity index (χ0v) is 19.4. The van der Waals surface area contributed by atoms with Crippen molar-refractivity contribution in [3.63, 3.8) is 0 Å². The summed E-state index contributed by atoms with van der Waals surface area (Å²) in [6.07, 6.45) is 0.944. The van der Waals surface area contributed by atoms with Gasteiger partial charge in [-0.05, 0) is 18.9 Å². The van der Waals surface area contributed by atoms with Crippen LogP contribution in [0.25, 0.3) is 0 Å². The molecular formula is C19H24ClN3O9S. The number of hydrogen-bond acceptors (Lipinski definition) is 9. The molecule has 2 aliphatic rings. The fourth-order valence-corrected chi connectivity index (χ4v) is 4.57. The SMILES string of the molecule is C=CCOC(=O)N(C(=O)OCC=C)N([C@H]1C=C(Cl)CC[C@@H]1C(=O)N1CCOC1=O)S(C)(=O)=O. The number of halogens is 1. The molecule has 0 aromatic rings. The molecule has 2 rings (SSSR count). The quantitative estimate of drug-likeness (QED) is 0.275. The summed E-state index contributed by atoms with van der Waals surface area (Å²) in [5, 5.41) is 0.322. The molecule has 0 unspecified atom stereocenters. The molecule has 0 spiro atoms. The highest BCUT2D eigenvalue weighted by molar-refractivity contribution is 7.88. The monoisotopic (exact) mass is 505 g/mol. The summed E-state index contributed by atoms with van der Waals surface area (Å²) in [7, 11) is -4.41. The average Bonchev–Trinajstić information content (AvgIpc) is 3.18.